The third-order valence-electron chi connectivity index (χ3n) is 1.07. The molecule has 1 rings (SSSR count). The Balaban J connectivity index is 2.77. The van der Waals surface area contributed by atoms with Crippen LogP contribution in [0.15, 0.2) is 6.07 Å². The monoisotopic (exact) mass is 245 g/mol. The van der Waals surface area contributed by atoms with Crippen LogP contribution in [-0.2, 0) is 3.79 Å². The predicted octanol–water partition coefficient (Wildman–Crippen LogP) is 3.37. The van der Waals surface area contributed by atoms with E-state index in [2.05, 4.69) is 4.37 Å². The van der Waals surface area contributed by atoms with Crippen molar-refractivity contribution in [2.24, 2.45) is 0 Å². The zero-order valence-electron chi connectivity index (χ0n) is 6.18. The molecule has 0 fully saturated rings. The van der Waals surface area contributed by atoms with Gasteiger partial charge in [0.1, 0.15) is 5.69 Å². The van der Waals surface area contributed by atoms with Gasteiger partial charge in [0.05, 0.1) is 6.61 Å². The van der Waals surface area contributed by atoms with Crippen LogP contribution in [0, 0.1) is 0 Å². The number of nitrogens with zero attached hydrogens (tertiary/aromatic N) is 1. The van der Waals surface area contributed by atoms with E-state index in [1.165, 1.54) is 11.5 Å². The largest absolute Gasteiger partial charge is 0.483 e. The van der Waals surface area contributed by atoms with Crippen molar-refractivity contribution >= 4 is 46.3 Å². The average Bonchev–Trinajstić information content (AvgIpc) is 2.35. The van der Waals surface area contributed by atoms with Crippen LogP contribution in [-0.4, -0.2) is 11.0 Å². The van der Waals surface area contributed by atoms with Crippen LogP contribution in [0.3, 0.4) is 0 Å². The molecule has 0 saturated carbocycles. The second-order valence-corrected chi connectivity index (χ2v) is 5.01. The summed E-state index contributed by atoms with van der Waals surface area (Å²) < 4.78 is 7.64. The summed E-state index contributed by atoms with van der Waals surface area (Å²) in [5, 5.41) is 0.666. The third-order valence-corrected chi connectivity index (χ3v) is 2.35. The molecule has 0 aliphatic heterocycles. The van der Waals surface area contributed by atoms with Crippen LogP contribution in [0.2, 0.25) is 0 Å². The number of hydrogen-bond donors (Lipinski definition) is 0. The predicted molar refractivity (Wildman–Crippen MR) is 52.5 cm³/mol. The lowest BCUT2D eigenvalue weighted by atomic mass is 10.5. The molecule has 0 amide bonds. The lowest BCUT2D eigenvalue weighted by Crippen LogP contribution is -1.99. The first kappa shape index (κ1) is 10.4. The van der Waals surface area contributed by atoms with Crippen LogP contribution in [0.1, 0.15) is 12.6 Å². The highest BCUT2D eigenvalue weighted by Crippen LogP contribution is 2.39. The fraction of sp³-hybridized carbons (Fsp3) is 0.500. The van der Waals surface area contributed by atoms with Gasteiger partial charge in [0, 0.05) is 17.6 Å². The van der Waals surface area contributed by atoms with Crippen LogP contribution < -0.4 is 4.74 Å². The SMILES string of the molecule is CCOc1cc(C(Cl)(Cl)Cl)ns1. The van der Waals surface area contributed by atoms with Crippen molar-refractivity contribution in [1.29, 1.82) is 0 Å². The van der Waals surface area contributed by atoms with E-state index in [1.54, 1.807) is 6.07 Å². The normalized spacial score (nSPS) is 11.7. The van der Waals surface area contributed by atoms with Gasteiger partial charge < -0.3 is 4.74 Å². The number of halogens is 3. The summed E-state index contributed by atoms with van der Waals surface area (Å²) in [6.45, 7) is 2.47. The van der Waals surface area contributed by atoms with E-state index in [0.717, 1.165) is 0 Å². The van der Waals surface area contributed by atoms with Crippen LogP contribution in [0.4, 0.5) is 0 Å². The fourth-order valence-corrected chi connectivity index (χ4v) is 1.76. The number of alkyl halides is 3. The Morgan fingerprint density at radius 1 is 1.58 bits per heavy atom. The van der Waals surface area contributed by atoms with Gasteiger partial charge in [-0.15, -0.1) is 0 Å². The number of rotatable bonds is 2. The van der Waals surface area contributed by atoms with Crippen molar-refractivity contribution in [3.63, 3.8) is 0 Å². The minimum Gasteiger partial charge on any atom is -0.483 e. The summed E-state index contributed by atoms with van der Waals surface area (Å²) in [6, 6.07) is 1.63. The van der Waals surface area contributed by atoms with E-state index in [1.807, 2.05) is 6.92 Å². The van der Waals surface area contributed by atoms with Crippen molar-refractivity contribution in [2.45, 2.75) is 10.7 Å². The summed E-state index contributed by atoms with van der Waals surface area (Å²) in [5.74, 6) is 0. The first-order valence-corrected chi connectivity index (χ1v) is 5.11. The molecule has 0 atom stereocenters. The van der Waals surface area contributed by atoms with Gasteiger partial charge in [-0.05, 0) is 6.92 Å². The van der Waals surface area contributed by atoms with Crippen LogP contribution in [0.5, 0.6) is 5.06 Å². The average molecular weight is 247 g/mol. The molecule has 0 N–H and O–H groups in total. The van der Waals surface area contributed by atoms with Crippen LogP contribution in [0.25, 0.3) is 0 Å². The quantitative estimate of drug-likeness (QED) is 0.747. The van der Waals surface area contributed by atoms with Gasteiger partial charge in [-0.2, -0.15) is 4.37 Å². The summed E-state index contributed by atoms with van der Waals surface area (Å²) in [7, 11) is 0. The highest BCUT2D eigenvalue weighted by atomic mass is 35.6. The Bertz CT molecular complexity index is 258. The lowest BCUT2D eigenvalue weighted by molar-refractivity contribution is 0.350. The number of hydrogen-bond acceptors (Lipinski definition) is 3. The molecule has 12 heavy (non-hydrogen) atoms. The fourth-order valence-electron chi connectivity index (χ4n) is 0.602. The zero-order chi connectivity index (χ0) is 9.19. The van der Waals surface area contributed by atoms with Gasteiger partial charge in [0.2, 0.25) is 3.79 Å². The Morgan fingerprint density at radius 2 is 2.25 bits per heavy atom. The zero-order valence-corrected chi connectivity index (χ0v) is 9.27. The van der Waals surface area contributed by atoms with Gasteiger partial charge in [0.25, 0.3) is 0 Å². The van der Waals surface area contributed by atoms with Gasteiger partial charge >= 0.3 is 0 Å². The summed E-state index contributed by atoms with van der Waals surface area (Å²) in [4.78, 5) is 0. The highest BCUT2D eigenvalue weighted by molar-refractivity contribution is 7.07. The maximum absolute atomic E-state index is 5.59. The van der Waals surface area contributed by atoms with Crippen LogP contribution >= 0.6 is 46.3 Å². The van der Waals surface area contributed by atoms with E-state index in [-0.39, 0.29) is 0 Å². The minimum atomic E-state index is -1.45. The van der Waals surface area contributed by atoms with Crippen molar-refractivity contribution in [3.05, 3.63) is 11.8 Å². The highest BCUT2D eigenvalue weighted by Gasteiger charge is 2.26. The third kappa shape index (κ3) is 2.66. The standard InChI is InChI=1S/C6H6Cl3NOS/c1-2-11-5-3-4(10-12-5)6(7,8)9/h3H,2H2,1H3. The molecule has 0 saturated heterocycles. The second-order valence-electron chi connectivity index (χ2n) is 1.96. The number of ether oxygens (including phenoxy) is 1. The van der Waals surface area contributed by atoms with Gasteiger partial charge in [-0.25, -0.2) is 0 Å². The Kier molecular flexibility index (Phi) is 3.47. The smallest absolute Gasteiger partial charge is 0.233 e. The molecule has 0 aliphatic rings. The van der Waals surface area contributed by atoms with Crippen molar-refractivity contribution in [1.82, 2.24) is 4.37 Å². The molecule has 6 heteroatoms. The molecule has 0 aliphatic carbocycles. The molecular weight excluding hydrogens is 240 g/mol. The maximum atomic E-state index is 5.59. The topological polar surface area (TPSA) is 22.1 Å². The molecule has 1 aromatic heterocycles. The molecule has 1 heterocycles. The molecule has 0 radical (unpaired) electrons. The number of aromatic nitrogens is 1. The first-order valence-electron chi connectivity index (χ1n) is 3.20. The van der Waals surface area contributed by atoms with E-state index < -0.39 is 3.79 Å². The van der Waals surface area contributed by atoms with E-state index >= 15 is 0 Å². The summed E-state index contributed by atoms with van der Waals surface area (Å²) in [6.07, 6.45) is 0. The molecule has 0 bridgehead atoms. The Morgan fingerprint density at radius 3 is 2.67 bits per heavy atom. The molecule has 2 nitrogen and oxygen atoms in total. The lowest BCUT2D eigenvalue weighted by Gasteiger charge is -2.04. The minimum absolute atomic E-state index is 0.404. The van der Waals surface area contributed by atoms with Gasteiger partial charge in [-0.3, -0.25) is 0 Å². The van der Waals surface area contributed by atoms with Gasteiger partial charge in [0.15, 0.2) is 5.06 Å². The van der Waals surface area contributed by atoms with E-state index in [4.69, 9.17) is 39.5 Å². The molecule has 68 valence electrons. The van der Waals surface area contributed by atoms with E-state index in [9.17, 15) is 0 Å². The van der Waals surface area contributed by atoms with Crippen molar-refractivity contribution < 1.29 is 4.74 Å². The Hall–Kier alpha value is 0.300. The molecule has 0 unspecified atom stereocenters. The molecule has 0 spiro atoms. The van der Waals surface area contributed by atoms with Crippen molar-refractivity contribution in [2.75, 3.05) is 6.61 Å². The second kappa shape index (κ2) is 4.01. The molecular formula is C6H6Cl3NOS. The Labute approximate surface area is 89.6 Å². The summed E-state index contributed by atoms with van der Waals surface area (Å²) >= 11 is 18.0. The van der Waals surface area contributed by atoms with Gasteiger partial charge in [-0.1, -0.05) is 34.8 Å². The first-order chi connectivity index (χ1) is 5.54. The maximum Gasteiger partial charge on any atom is 0.233 e. The summed E-state index contributed by atoms with van der Waals surface area (Å²) in [5.41, 5.74) is 0.404. The molecule has 0 aromatic carbocycles. The van der Waals surface area contributed by atoms with E-state index in [0.29, 0.717) is 17.4 Å². The van der Waals surface area contributed by atoms with Crippen molar-refractivity contribution in [3.8, 4) is 5.06 Å². The molecule has 1 aromatic rings.